The highest BCUT2D eigenvalue weighted by Crippen LogP contribution is 2.30. The Kier molecular flexibility index (Phi) is 4.25. The van der Waals surface area contributed by atoms with Gasteiger partial charge in [-0.25, -0.2) is 4.98 Å². The van der Waals surface area contributed by atoms with Crippen LogP contribution in [0.25, 0.3) is 0 Å². The van der Waals surface area contributed by atoms with Crippen molar-refractivity contribution in [3.8, 4) is 0 Å². The Morgan fingerprint density at radius 2 is 1.71 bits per heavy atom. The van der Waals surface area contributed by atoms with Crippen LogP contribution >= 0.6 is 23.2 Å². The molecule has 0 bridgehead atoms. The first-order valence-electron chi connectivity index (χ1n) is 5.74. The lowest BCUT2D eigenvalue weighted by Crippen LogP contribution is -2.11. The molecule has 0 atom stereocenters. The lowest BCUT2D eigenvalue weighted by Gasteiger charge is -2.09. The molecule has 1 aromatic carbocycles. The van der Waals surface area contributed by atoms with Gasteiger partial charge >= 0.3 is 6.18 Å². The molecule has 0 saturated carbocycles. The third kappa shape index (κ3) is 3.36. The number of rotatable bonds is 2. The minimum atomic E-state index is -4.62. The summed E-state index contributed by atoms with van der Waals surface area (Å²) in [6, 6.07) is 6.45. The van der Waals surface area contributed by atoms with Gasteiger partial charge in [0, 0.05) is 5.56 Å². The van der Waals surface area contributed by atoms with E-state index in [2.05, 4.69) is 4.98 Å². The standard InChI is InChI=1S/C14H8Cl2F3NO/c1-7-2-3-8(10(15)6-7)12(21)9-4-5-11(14(17,18)19)20-13(9)16/h2-6H,1H3. The fourth-order valence-corrected chi connectivity index (χ4v) is 2.27. The van der Waals surface area contributed by atoms with Crippen LogP contribution in [0, 0.1) is 6.92 Å². The van der Waals surface area contributed by atoms with Gasteiger partial charge in [0.25, 0.3) is 0 Å². The SMILES string of the molecule is Cc1ccc(C(=O)c2ccc(C(F)(F)F)nc2Cl)c(Cl)c1. The van der Waals surface area contributed by atoms with Gasteiger partial charge in [-0.1, -0.05) is 29.3 Å². The molecule has 1 heterocycles. The van der Waals surface area contributed by atoms with E-state index >= 15 is 0 Å². The maximum atomic E-state index is 12.5. The molecular weight excluding hydrogens is 326 g/mol. The van der Waals surface area contributed by atoms with Crippen molar-refractivity contribution in [2.75, 3.05) is 0 Å². The van der Waals surface area contributed by atoms with Crippen molar-refractivity contribution in [2.24, 2.45) is 0 Å². The quantitative estimate of drug-likeness (QED) is 0.575. The van der Waals surface area contributed by atoms with Crippen molar-refractivity contribution in [2.45, 2.75) is 13.1 Å². The number of aromatic nitrogens is 1. The average Bonchev–Trinajstić information content (AvgIpc) is 2.36. The highest BCUT2D eigenvalue weighted by atomic mass is 35.5. The summed E-state index contributed by atoms with van der Waals surface area (Å²) < 4.78 is 37.5. The van der Waals surface area contributed by atoms with E-state index in [1.807, 2.05) is 0 Å². The van der Waals surface area contributed by atoms with Crippen LogP contribution in [-0.4, -0.2) is 10.8 Å². The Labute approximate surface area is 128 Å². The smallest absolute Gasteiger partial charge is 0.288 e. The average molecular weight is 334 g/mol. The normalized spacial score (nSPS) is 11.5. The third-order valence-corrected chi connectivity index (χ3v) is 3.35. The van der Waals surface area contributed by atoms with Gasteiger partial charge in [0.1, 0.15) is 10.8 Å². The predicted molar refractivity (Wildman–Crippen MR) is 73.9 cm³/mol. The van der Waals surface area contributed by atoms with Crippen molar-refractivity contribution in [1.29, 1.82) is 0 Å². The van der Waals surface area contributed by atoms with Crippen LogP contribution in [0.2, 0.25) is 10.2 Å². The summed E-state index contributed by atoms with van der Waals surface area (Å²) in [7, 11) is 0. The molecule has 21 heavy (non-hydrogen) atoms. The van der Waals surface area contributed by atoms with Gasteiger partial charge in [-0.3, -0.25) is 4.79 Å². The van der Waals surface area contributed by atoms with Crippen LogP contribution in [-0.2, 0) is 6.18 Å². The molecule has 0 aliphatic heterocycles. The maximum Gasteiger partial charge on any atom is 0.433 e. The third-order valence-electron chi connectivity index (χ3n) is 2.75. The van der Waals surface area contributed by atoms with Crippen molar-refractivity contribution in [3.63, 3.8) is 0 Å². The number of alkyl halides is 3. The van der Waals surface area contributed by atoms with Crippen LogP contribution in [0.5, 0.6) is 0 Å². The number of carbonyl (C=O) groups is 1. The van der Waals surface area contributed by atoms with E-state index in [0.717, 1.165) is 11.6 Å². The molecule has 1 aromatic heterocycles. The van der Waals surface area contributed by atoms with Gasteiger partial charge in [-0.05, 0) is 36.8 Å². The predicted octanol–water partition coefficient (Wildman–Crippen LogP) is 4.95. The molecule has 2 nitrogen and oxygen atoms in total. The van der Waals surface area contributed by atoms with Gasteiger partial charge in [0.05, 0.1) is 10.6 Å². The first-order chi connectivity index (χ1) is 9.70. The molecule has 2 rings (SSSR count). The van der Waals surface area contributed by atoms with Crippen LogP contribution in [0.15, 0.2) is 30.3 Å². The zero-order chi connectivity index (χ0) is 15.8. The van der Waals surface area contributed by atoms with Gasteiger partial charge in [-0.2, -0.15) is 13.2 Å². The monoisotopic (exact) mass is 333 g/mol. The molecule has 0 saturated heterocycles. The molecule has 0 spiro atoms. The van der Waals surface area contributed by atoms with E-state index in [1.165, 1.54) is 6.07 Å². The summed E-state index contributed by atoms with van der Waals surface area (Å²) in [6.07, 6.45) is -4.62. The maximum absolute atomic E-state index is 12.5. The largest absolute Gasteiger partial charge is 0.433 e. The summed E-state index contributed by atoms with van der Waals surface area (Å²) in [5, 5.41) is -0.303. The molecule has 2 aromatic rings. The number of halogens is 5. The van der Waals surface area contributed by atoms with Crippen molar-refractivity contribution < 1.29 is 18.0 Å². The molecule has 7 heteroatoms. The second-order valence-corrected chi connectivity index (χ2v) is 5.11. The van der Waals surface area contributed by atoms with E-state index in [4.69, 9.17) is 23.2 Å². The zero-order valence-electron chi connectivity index (χ0n) is 10.6. The van der Waals surface area contributed by atoms with Crippen LogP contribution < -0.4 is 0 Å². The second kappa shape index (κ2) is 5.66. The number of ketones is 1. The van der Waals surface area contributed by atoms with Crippen molar-refractivity contribution in [3.05, 3.63) is 62.9 Å². The minimum absolute atomic E-state index is 0.129. The fraction of sp³-hybridized carbons (Fsp3) is 0.143. The molecule has 0 aliphatic rings. The molecule has 0 radical (unpaired) electrons. The zero-order valence-corrected chi connectivity index (χ0v) is 12.1. The summed E-state index contributed by atoms with van der Waals surface area (Å²) in [5.41, 5.74) is -0.270. The van der Waals surface area contributed by atoms with E-state index in [-0.39, 0.29) is 16.1 Å². The fourth-order valence-electron chi connectivity index (χ4n) is 1.71. The Hall–Kier alpha value is -1.59. The minimum Gasteiger partial charge on any atom is -0.288 e. The molecule has 0 fully saturated rings. The number of pyridine rings is 1. The van der Waals surface area contributed by atoms with Gasteiger partial charge in [-0.15, -0.1) is 0 Å². The van der Waals surface area contributed by atoms with Gasteiger partial charge < -0.3 is 0 Å². The Bertz CT molecular complexity index is 714. The molecular formula is C14H8Cl2F3NO. The van der Waals surface area contributed by atoms with Crippen LogP contribution in [0.3, 0.4) is 0 Å². The van der Waals surface area contributed by atoms with Crippen LogP contribution in [0.4, 0.5) is 13.2 Å². The molecule has 0 unspecified atom stereocenters. The summed E-state index contributed by atoms with van der Waals surface area (Å²) in [6.45, 7) is 1.80. The highest BCUT2D eigenvalue weighted by molar-refractivity contribution is 6.37. The van der Waals surface area contributed by atoms with E-state index in [1.54, 1.807) is 19.1 Å². The molecule has 110 valence electrons. The first-order valence-corrected chi connectivity index (χ1v) is 6.50. The summed E-state index contributed by atoms with van der Waals surface area (Å²) in [5.74, 6) is -0.578. The topological polar surface area (TPSA) is 30.0 Å². The first kappa shape index (κ1) is 15.8. The number of benzene rings is 1. The van der Waals surface area contributed by atoms with Gasteiger partial charge in [0.2, 0.25) is 0 Å². The van der Waals surface area contributed by atoms with Crippen LogP contribution in [0.1, 0.15) is 27.2 Å². The van der Waals surface area contributed by atoms with Crippen molar-refractivity contribution in [1.82, 2.24) is 4.98 Å². The molecule has 0 amide bonds. The summed E-state index contributed by atoms with van der Waals surface area (Å²) >= 11 is 11.7. The Morgan fingerprint density at radius 1 is 1.10 bits per heavy atom. The number of nitrogens with zero attached hydrogens (tertiary/aromatic N) is 1. The Morgan fingerprint density at radius 3 is 2.24 bits per heavy atom. The van der Waals surface area contributed by atoms with E-state index in [9.17, 15) is 18.0 Å². The van der Waals surface area contributed by atoms with Gasteiger partial charge in [0.15, 0.2) is 5.78 Å². The lowest BCUT2D eigenvalue weighted by molar-refractivity contribution is -0.141. The molecule has 0 N–H and O–H groups in total. The summed E-state index contributed by atoms with van der Waals surface area (Å²) in [4.78, 5) is 15.5. The lowest BCUT2D eigenvalue weighted by atomic mass is 10.0. The van der Waals surface area contributed by atoms with Crippen molar-refractivity contribution >= 4 is 29.0 Å². The second-order valence-electron chi connectivity index (χ2n) is 4.35. The number of carbonyl (C=O) groups excluding carboxylic acids is 1. The number of hydrogen-bond donors (Lipinski definition) is 0. The number of aryl methyl sites for hydroxylation is 1. The molecule has 0 aliphatic carbocycles. The van der Waals surface area contributed by atoms with E-state index in [0.29, 0.717) is 6.07 Å². The highest BCUT2D eigenvalue weighted by Gasteiger charge is 2.33. The number of hydrogen-bond acceptors (Lipinski definition) is 2. The van der Waals surface area contributed by atoms with E-state index < -0.39 is 22.8 Å². The Balaban J connectivity index is 2.45.